The van der Waals surface area contributed by atoms with E-state index in [0.717, 1.165) is 5.56 Å². The highest BCUT2D eigenvalue weighted by molar-refractivity contribution is 6.11. The first-order valence-corrected chi connectivity index (χ1v) is 10.6. The number of ether oxygens (including phenoxy) is 3. The van der Waals surface area contributed by atoms with E-state index in [2.05, 4.69) is 0 Å². The lowest BCUT2D eigenvalue weighted by Crippen LogP contribution is -2.76. The number of carbonyl (C=O) groups excluding carboxylic acids is 2. The van der Waals surface area contributed by atoms with Crippen molar-refractivity contribution < 1.29 is 28.9 Å². The molecule has 0 aromatic heterocycles. The Bertz CT molecular complexity index is 963. The Morgan fingerprint density at radius 2 is 1.72 bits per heavy atom. The van der Waals surface area contributed by atoms with E-state index in [4.69, 9.17) is 14.2 Å². The number of aliphatic hydroxyl groups is 1. The van der Waals surface area contributed by atoms with Crippen molar-refractivity contribution in [3.05, 3.63) is 59.7 Å². The Balaban J connectivity index is 2.11. The summed E-state index contributed by atoms with van der Waals surface area (Å²) in [6, 6.07) is 13.6. The van der Waals surface area contributed by atoms with Crippen LogP contribution >= 0.6 is 0 Å². The van der Waals surface area contributed by atoms with E-state index in [1.165, 1.54) is 4.90 Å². The molecule has 1 saturated heterocycles. The number of rotatable bonds is 7. The van der Waals surface area contributed by atoms with E-state index < -0.39 is 35.2 Å². The van der Waals surface area contributed by atoms with E-state index >= 15 is 0 Å². The smallest absolute Gasteiger partial charge is 0.339 e. The van der Waals surface area contributed by atoms with E-state index in [1.54, 1.807) is 59.1 Å². The molecule has 32 heavy (non-hydrogen) atoms. The maximum Gasteiger partial charge on any atom is 0.339 e. The molecule has 0 spiro atoms. The fourth-order valence-corrected chi connectivity index (χ4v) is 3.86. The monoisotopic (exact) mass is 441 g/mol. The van der Waals surface area contributed by atoms with Gasteiger partial charge in [-0.1, -0.05) is 29.8 Å². The molecular formula is C25H31NO6. The van der Waals surface area contributed by atoms with Crippen LogP contribution in [0.1, 0.15) is 44.9 Å². The average molecular weight is 442 g/mol. The van der Waals surface area contributed by atoms with Gasteiger partial charge in [0.1, 0.15) is 11.8 Å². The Hall–Kier alpha value is -2.90. The highest BCUT2D eigenvalue weighted by Crippen LogP contribution is 2.49. The summed E-state index contributed by atoms with van der Waals surface area (Å²) in [4.78, 5) is 27.8. The van der Waals surface area contributed by atoms with Crippen LogP contribution in [0.15, 0.2) is 48.5 Å². The maximum absolute atomic E-state index is 13.5. The number of esters is 1. The minimum Gasteiger partial charge on any atom is -0.497 e. The van der Waals surface area contributed by atoms with E-state index in [0.29, 0.717) is 17.0 Å². The van der Waals surface area contributed by atoms with Crippen LogP contribution in [0.2, 0.25) is 0 Å². The molecular weight excluding hydrogens is 410 g/mol. The second kappa shape index (κ2) is 8.92. The van der Waals surface area contributed by atoms with Crippen LogP contribution in [0.5, 0.6) is 5.75 Å². The van der Waals surface area contributed by atoms with Crippen molar-refractivity contribution in [1.29, 1.82) is 0 Å². The molecule has 2 aromatic carbocycles. The summed E-state index contributed by atoms with van der Waals surface area (Å²) < 4.78 is 16.3. The lowest BCUT2D eigenvalue weighted by Gasteiger charge is -2.55. The van der Waals surface area contributed by atoms with Crippen LogP contribution in [0, 0.1) is 6.92 Å². The van der Waals surface area contributed by atoms with Gasteiger partial charge >= 0.3 is 5.97 Å². The van der Waals surface area contributed by atoms with Gasteiger partial charge in [-0.05, 0) is 64.4 Å². The minimum atomic E-state index is -2.13. The zero-order valence-electron chi connectivity index (χ0n) is 19.4. The number of β-lactam (4-membered cyclic amide) rings is 1. The third-order valence-electron chi connectivity index (χ3n) is 5.35. The molecule has 1 aliphatic heterocycles. The second-order valence-electron chi connectivity index (χ2n) is 8.87. The molecule has 1 fully saturated rings. The second-order valence-corrected chi connectivity index (χ2v) is 8.87. The maximum atomic E-state index is 13.5. The number of hydrogen-bond donors (Lipinski definition) is 1. The normalized spacial score (nSPS) is 21.7. The van der Waals surface area contributed by atoms with Crippen LogP contribution in [0.25, 0.3) is 0 Å². The predicted octanol–water partition coefficient (Wildman–Crippen LogP) is 3.57. The van der Waals surface area contributed by atoms with Crippen LogP contribution in [0.3, 0.4) is 0 Å². The number of methoxy groups -OCH3 is 1. The van der Waals surface area contributed by atoms with Crippen molar-refractivity contribution in [1.82, 2.24) is 0 Å². The zero-order valence-corrected chi connectivity index (χ0v) is 19.4. The number of benzene rings is 2. The molecule has 0 unspecified atom stereocenters. The quantitative estimate of drug-likeness (QED) is 0.522. The molecule has 2 aromatic rings. The molecule has 7 heteroatoms. The summed E-state index contributed by atoms with van der Waals surface area (Å²) in [5.74, 6) is -0.760. The van der Waals surface area contributed by atoms with E-state index in [9.17, 15) is 14.7 Å². The van der Waals surface area contributed by atoms with Gasteiger partial charge in [0, 0.05) is 5.69 Å². The van der Waals surface area contributed by atoms with Crippen molar-refractivity contribution in [3.63, 3.8) is 0 Å². The standard InChI is InChI=1S/C25H31NO6/c1-7-31-22(27)21(32-24(3,4)5)25(29)20(17-10-8-16(2)9-11-17)26(23(25)28)18-12-14-19(30-6)15-13-18/h8-15,20-21,29H,7H2,1-6H3/t20-,21-,25-/m0/s1. The van der Waals surface area contributed by atoms with Gasteiger partial charge < -0.3 is 19.3 Å². The number of anilines is 1. The highest BCUT2D eigenvalue weighted by atomic mass is 16.6. The molecule has 0 saturated carbocycles. The van der Waals surface area contributed by atoms with E-state index in [1.807, 2.05) is 31.2 Å². The number of amides is 1. The van der Waals surface area contributed by atoms with Crippen molar-refractivity contribution in [3.8, 4) is 5.75 Å². The Kier molecular flexibility index (Phi) is 6.62. The van der Waals surface area contributed by atoms with Crippen molar-refractivity contribution in [2.45, 2.75) is 58.0 Å². The molecule has 1 amide bonds. The van der Waals surface area contributed by atoms with E-state index in [-0.39, 0.29) is 6.61 Å². The summed E-state index contributed by atoms with van der Waals surface area (Å²) in [7, 11) is 1.56. The van der Waals surface area contributed by atoms with Gasteiger partial charge in [-0.2, -0.15) is 0 Å². The fraction of sp³-hybridized carbons (Fsp3) is 0.440. The molecule has 1 N–H and O–H groups in total. The molecule has 3 rings (SSSR count). The van der Waals surface area contributed by atoms with Crippen LogP contribution in [0.4, 0.5) is 5.69 Å². The zero-order chi connectivity index (χ0) is 23.7. The molecule has 0 bridgehead atoms. The molecule has 3 atom stereocenters. The number of hydrogen-bond acceptors (Lipinski definition) is 6. The molecule has 1 aliphatic rings. The largest absolute Gasteiger partial charge is 0.497 e. The summed E-state index contributed by atoms with van der Waals surface area (Å²) in [5.41, 5.74) is -0.642. The first-order chi connectivity index (χ1) is 15.0. The molecule has 7 nitrogen and oxygen atoms in total. The predicted molar refractivity (Wildman–Crippen MR) is 121 cm³/mol. The fourth-order valence-electron chi connectivity index (χ4n) is 3.86. The summed E-state index contributed by atoms with van der Waals surface area (Å²) in [5, 5.41) is 11.8. The molecule has 0 aliphatic carbocycles. The van der Waals surface area contributed by atoms with Gasteiger partial charge in [0.25, 0.3) is 5.91 Å². The van der Waals surface area contributed by atoms with Crippen molar-refractivity contribution in [2.75, 3.05) is 18.6 Å². The third kappa shape index (κ3) is 4.36. The van der Waals surface area contributed by atoms with Crippen LogP contribution < -0.4 is 9.64 Å². The summed E-state index contributed by atoms with van der Waals surface area (Å²) in [6.45, 7) is 8.99. The first-order valence-electron chi connectivity index (χ1n) is 10.6. The Labute approximate surface area is 188 Å². The van der Waals surface area contributed by atoms with Gasteiger partial charge in [-0.15, -0.1) is 0 Å². The van der Waals surface area contributed by atoms with Gasteiger partial charge in [-0.25, -0.2) is 4.79 Å². The van der Waals surface area contributed by atoms with Gasteiger partial charge in [0.2, 0.25) is 5.60 Å². The average Bonchev–Trinajstić information content (AvgIpc) is 2.75. The number of carbonyl (C=O) groups is 2. The van der Waals surface area contributed by atoms with Crippen LogP contribution in [-0.4, -0.2) is 48.0 Å². The van der Waals surface area contributed by atoms with Crippen molar-refractivity contribution >= 4 is 17.6 Å². The minimum absolute atomic E-state index is 0.102. The molecule has 172 valence electrons. The highest BCUT2D eigenvalue weighted by Gasteiger charge is 2.68. The lowest BCUT2D eigenvalue weighted by molar-refractivity contribution is -0.212. The van der Waals surface area contributed by atoms with Crippen LogP contribution in [-0.2, 0) is 19.1 Å². The SMILES string of the molecule is CCOC(=O)[C@H](OC(C)(C)C)[C@]1(O)C(=O)N(c2ccc(OC)cc2)[C@H]1c1ccc(C)cc1. The Morgan fingerprint density at radius 3 is 2.22 bits per heavy atom. The summed E-state index contributed by atoms with van der Waals surface area (Å²) in [6.07, 6.45) is -1.49. The first kappa shape index (κ1) is 23.8. The van der Waals surface area contributed by atoms with Gasteiger partial charge in [0.05, 0.1) is 19.3 Å². The van der Waals surface area contributed by atoms with Gasteiger partial charge in [-0.3, -0.25) is 9.69 Å². The lowest BCUT2D eigenvalue weighted by atomic mass is 9.73. The number of nitrogens with zero attached hydrogens (tertiary/aromatic N) is 1. The van der Waals surface area contributed by atoms with Crippen molar-refractivity contribution in [2.24, 2.45) is 0 Å². The Morgan fingerprint density at radius 1 is 1.12 bits per heavy atom. The topological polar surface area (TPSA) is 85.3 Å². The van der Waals surface area contributed by atoms with Gasteiger partial charge in [0.15, 0.2) is 6.10 Å². The number of aryl methyl sites for hydroxylation is 1. The molecule has 1 heterocycles. The third-order valence-corrected chi connectivity index (χ3v) is 5.35. The molecule has 0 radical (unpaired) electrons. The summed E-state index contributed by atoms with van der Waals surface area (Å²) >= 11 is 0.